The molecule has 5 heteroatoms. The zero-order valence-electron chi connectivity index (χ0n) is 14.5. The number of likely N-dealkylation sites (tertiary alicyclic amines) is 2. The van der Waals surface area contributed by atoms with Gasteiger partial charge in [-0.3, -0.25) is 4.79 Å². The normalized spacial score (nSPS) is 24.0. The number of rotatable bonds is 7. The van der Waals surface area contributed by atoms with Crippen LogP contribution in [0, 0.1) is 5.41 Å². The van der Waals surface area contributed by atoms with Gasteiger partial charge >= 0.3 is 0 Å². The van der Waals surface area contributed by atoms with Crippen molar-refractivity contribution < 1.29 is 9.53 Å². The highest BCUT2D eigenvalue weighted by Crippen LogP contribution is 2.40. The number of piperidine rings is 2. The molecule has 0 N–H and O–H groups in total. The molecular weight excluding hydrogens is 296 g/mol. The van der Waals surface area contributed by atoms with E-state index in [1.807, 2.05) is 16.7 Å². The maximum Gasteiger partial charge on any atom is 0.222 e. The Labute approximate surface area is 139 Å². The van der Waals surface area contributed by atoms with Crippen LogP contribution in [0.25, 0.3) is 0 Å². The first-order chi connectivity index (χ1) is 10.6. The maximum absolute atomic E-state index is 12.1. The smallest absolute Gasteiger partial charge is 0.222 e. The van der Waals surface area contributed by atoms with Crippen LogP contribution in [0.4, 0.5) is 0 Å². The third-order valence-electron chi connectivity index (χ3n) is 5.48. The minimum atomic E-state index is 0.318. The molecule has 2 fully saturated rings. The van der Waals surface area contributed by atoms with E-state index in [4.69, 9.17) is 4.74 Å². The van der Waals surface area contributed by atoms with E-state index in [0.717, 1.165) is 31.2 Å². The molecule has 2 aliphatic rings. The van der Waals surface area contributed by atoms with E-state index in [2.05, 4.69) is 18.1 Å². The number of hydrogen-bond acceptors (Lipinski definition) is 4. The number of carbonyl (C=O) groups excluding carboxylic acids is 1. The summed E-state index contributed by atoms with van der Waals surface area (Å²) in [5, 5.41) is 0.757. The Morgan fingerprint density at radius 3 is 2.64 bits per heavy atom. The van der Waals surface area contributed by atoms with Gasteiger partial charge < -0.3 is 14.5 Å². The van der Waals surface area contributed by atoms with Crippen molar-refractivity contribution in [3.8, 4) is 0 Å². The van der Waals surface area contributed by atoms with Crippen LogP contribution in [0.2, 0.25) is 0 Å². The number of ether oxygens (including phenoxy) is 1. The molecule has 22 heavy (non-hydrogen) atoms. The summed E-state index contributed by atoms with van der Waals surface area (Å²) in [6.45, 7) is 8.30. The lowest BCUT2D eigenvalue weighted by Crippen LogP contribution is -2.52. The lowest BCUT2D eigenvalue weighted by molar-refractivity contribution is -0.139. The minimum Gasteiger partial charge on any atom is -0.383 e. The number of carbonyl (C=O) groups is 1. The van der Waals surface area contributed by atoms with Crippen LogP contribution >= 0.6 is 11.8 Å². The maximum atomic E-state index is 12.1. The predicted molar refractivity (Wildman–Crippen MR) is 93.4 cm³/mol. The number of nitrogens with zero attached hydrogens (tertiary/aromatic N) is 2. The Morgan fingerprint density at radius 1 is 1.27 bits per heavy atom. The molecule has 0 radical (unpaired) electrons. The van der Waals surface area contributed by atoms with E-state index < -0.39 is 0 Å². The third kappa shape index (κ3) is 4.87. The molecule has 0 aromatic rings. The van der Waals surface area contributed by atoms with E-state index in [1.54, 1.807) is 7.11 Å². The molecule has 1 spiro atoms. The van der Waals surface area contributed by atoms with E-state index in [9.17, 15) is 4.79 Å². The van der Waals surface area contributed by atoms with Crippen LogP contribution in [0.1, 0.15) is 39.0 Å². The van der Waals surface area contributed by atoms with Crippen molar-refractivity contribution in [1.29, 1.82) is 0 Å². The minimum absolute atomic E-state index is 0.318. The zero-order valence-corrected chi connectivity index (χ0v) is 15.3. The van der Waals surface area contributed by atoms with Crippen molar-refractivity contribution in [1.82, 2.24) is 9.80 Å². The van der Waals surface area contributed by atoms with Gasteiger partial charge in [-0.25, -0.2) is 0 Å². The third-order valence-corrected chi connectivity index (χ3v) is 6.52. The van der Waals surface area contributed by atoms with Gasteiger partial charge in [-0.2, -0.15) is 11.8 Å². The van der Waals surface area contributed by atoms with Crippen molar-refractivity contribution in [2.24, 2.45) is 5.41 Å². The summed E-state index contributed by atoms with van der Waals surface area (Å²) >= 11 is 1.96. The largest absolute Gasteiger partial charge is 0.383 e. The summed E-state index contributed by atoms with van der Waals surface area (Å²) in [5.41, 5.74) is 0.378. The van der Waals surface area contributed by atoms with Crippen LogP contribution in [0.3, 0.4) is 0 Å². The van der Waals surface area contributed by atoms with Gasteiger partial charge in [0.15, 0.2) is 0 Å². The van der Waals surface area contributed by atoms with Crippen LogP contribution < -0.4 is 0 Å². The molecule has 0 aliphatic carbocycles. The lowest BCUT2D eigenvalue weighted by Gasteiger charge is -2.47. The van der Waals surface area contributed by atoms with Crippen LogP contribution in [-0.4, -0.2) is 73.7 Å². The van der Waals surface area contributed by atoms with Crippen LogP contribution in [-0.2, 0) is 9.53 Å². The molecule has 128 valence electrons. The van der Waals surface area contributed by atoms with Gasteiger partial charge in [0.1, 0.15) is 0 Å². The quantitative estimate of drug-likeness (QED) is 0.719. The average molecular weight is 329 g/mol. The molecule has 0 aromatic carbocycles. The monoisotopic (exact) mass is 328 g/mol. The SMILES string of the molecule is COCCN1CC2(CCC1=O)CCN(CCC(C)SC)CC2. The standard InChI is InChI=1S/C17H32N2O2S/c1-15(22-3)5-9-18-10-7-17(8-11-18)6-4-16(20)19(14-17)12-13-21-2/h15H,4-14H2,1-3H3. The van der Waals surface area contributed by atoms with E-state index in [-0.39, 0.29) is 0 Å². The Hall–Kier alpha value is -0.260. The molecule has 2 heterocycles. The summed E-state index contributed by atoms with van der Waals surface area (Å²) in [7, 11) is 1.71. The Morgan fingerprint density at radius 2 is 2.00 bits per heavy atom. The Balaban J connectivity index is 1.80. The van der Waals surface area contributed by atoms with Crippen molar-refractivity contribution in [3.05, 3.63) is 0 Å². The van der Waals surface area contributed by atoms with Crippen molar-refractivity contribution in [2.75, 3.05) is 52.7 Å². The summed E-state index contributed by atoms with van der Waals surface area (Å²) in [6.07, 6.45) is 7.79. The second kappa shape index (κ2) is 8.55. The van der Waals surface area contributed by atoms with Crippen molar-refractivity contribution in [2.45, 2.75) is 44.3 Å². The Kier molecular flexibility index (Phi) is 7.03. The topological polar surface area (TPSA) is 32.8 Å². The highest BCUT2D eigenvalue weighted by Gasteiger charge is 2.40. The molecular formula is C17H32N2O2S. The summed E-state index contributed by atoms with van der Waals surface area (Å²) in [6, 6.07) is 0. The summed E-state index contributed by atoms with van der Waals surface area (Å²) in [5.74, 6) is 0.318. The summed E-state index contributed by atoms with van der Waals surface area (Å²) < 4.78 is 5.15. The molecule has 2 saturated heterocycles. The van der Waals surface area contributed by atoms with Gasteiger partial charge in [-0.05, 0) is 57.0 Å². The van der Waals surface area contributed by atoms with Gasteiger partial charge in [0.2, 0.25) is 5.91 Å². The predicted octanol–water partition coefficient (Wildman–Crippen LogP) is 2.48. The first kappa shape index (κ1) is 18.1. The highest BCUT2D eigenvalue weighted by atomic mass is 32.2. The van der Waals surface area contributed by atoms with Crippen molar-refractivity contribution >= 4 is 17.7 Å². The second-order valence-corrected chi connectivity index (χ2v) is 8.26. The molecule has 0 aromatic heterocycles. The Bertz CT molecular complexity index is 357. The van der Waals surface area contributed by atoms with Crippen LogP contribution in [0.15, 0.2) is 0 Å². The number of amides is 1. The van der Waals surface area contributed by atoms with Crippen LogP contribution in [0.5, 0.6) is 0 Å². The molecule has 0 saturated carbocycles. The number of methoxy groups -OCH3 is 1. The van der Waals surface area contributed by atoms with E-state index in [1.165, 1.54) is 38.9 Å². The molecule has 1 unspecified atom stereocenters. The molecule has 4 nitrogen and oxygen atoms in total. The molecule has 2 rings (SSSR count). The highest BCUT2D eigenvalue weighted by molar-refractivity contribution is 7.99. The molecule has 1 amide bonds. The first-order valence-electron chi connectivity index (χ1n) is 8.60. The van der Waals surface area contributed by atoms with E-state index >= 15 is 0 Å². The van der Waals surface area contributed by atoms with Gasteiger partial charge in [0.25, 0.3) is 0 Å². The van der Waals surface area contributed by atoms with E-state index in [0.29, 0.717) is 17.9 Å². The number of hydrogen-bond donors (Lipinski definition) is 0. The van der Waals surface area contributed by atoms with Gasteiger partial charge in [0.05, 0.1) is 6.61 Å². The lowest BCUT2D eigenvalue weighted by atomic mass is 9.72. The summed E-state index contributed by atoms with van der Waals surface area (Å²) in [4.78, 5) is 16.7. The molecule has 2 aliphatic heterocycles. The fourth-order valence-corrected chi connectivity index (χ4v) is 3.99. The first-order valence-corrected chi connectivity index (χ1v) is 9.89. The fourth-order valence-electron chi connectivity index (χ4n) is 3.65. The van der Waals surface area contributed by atoms with Gasteiger partial charge in [-0.15, -0.1) is 0 Å². The second-order valence-electron chi connectivity index (χ2n) is 6.98. The van der Waals surface area contributed by atoms with Crippen molar-refractivity contribution in [3.63, 3.8) is 0 Å². The fraction of sp³-hybridized carbons (Fsp3) is 0.941. The number of thioether (sulfide) groups is 1. The van der Waals surface area contributed by atoms with Gasteiger partial charge in [-0.1, -0.05) is 6.92 Å². The molecule has 0 bridgehead atoms. The average Bonchev–Trinajstić information content (AvgIpc) is 2.55. The molecule has 1 atom stereocenters. The zero-order chi connectivity index (χ0) is 16.0. The van der Waals surface area contributed by atoms with Gasteiger partial charge in [0, 0.05) is 31.9 Å².